The topological polar surface area (TPSA) is 46.2 Å². The molecule has 1 saturated heterocycles. The third-order valence-corrected chi connectivity index (χ3v) is 3.41. The highest BCUT2D eigenvalue weighted by Crippen LogP contribution is 2.33. The molecule has 1 aliphatic carbocycles. The van der Waals surface area contributed by atoms with Crippen LogP contribution in [0.25, 0.3) is 0 Å². The first-order valence-electron chi connectivity index (χ1n) is 4.98. The average molecular weight is 181 g/mol. The number of hydrogen-bond donors (Lipinski definition) is 1. The molecule has 0 spiro atoms. The third-order valence-electron chi connectivity index (χ3n) is 3.41. The number of hydrogen-bond acceptors (Lipinski definition) is 3. The van der Waals surface area contributed by atoms with Gasteiger partial charge in [-0.2, -0.15) is 0 Å². The fourth-order valence-electron chi connectivity index (χ4n) is 2.55. The van der Waals surface area contributed by atoms with Crippen molar-refractivity contribution < 1.29 is 9.59 Å². The van der Waals surface area contributed by atoms with Crippen LogP contribution in [0.2, 0.25) is 0 Å². The van der Waals surface area contributed by atoms with Crippen molar-refractivity contribution in [2.45, 2.75) is 32.2 Å². The second kappa shape index (κ2) is 3.22. The summed E-state index contributed by atoms with van der Waals surface area (Å²) in [5.41, 5.74) is 0. The predicted molar refractivity (Wildman–Crippen MR) is 48.3 cm³/mol. The van der Waals surface area contributed by atoms with E-state index in [1.165, 1.54) is 0 Å². The molecule has 1 saturated carbocycles. The zero-order valence-corrected chi connectivity index (χ0v) is 7.88. The van der Waals surface area contributed by atoms with E-state index in [-0.39, 0.29) is 11.6 Å². The van der Waals surface area contributed by atoms with Crippen molar-refractivity contribution in [3.8, 4) is 0 Å². The third kappa shape index (κ3) is 1.53. The molecule has 0 bridgehead atoms. The summed E-state index contributed by atoms with van der Waals surface area (Å²) in [7, 11) is 0. The van der Waals surface area contributed by atoms with Gasteiger partial charge in [-0.25, -0.2) is 0 Å². The van der Waals surface area contributed by atoms with Crippen molar-refractivity contribution in [2.24, 2.45) is 11.8 Å². The largest absolute Gasteiger partial charge is 0.314 e. The molecule has 72 valence electrons. The molecule has 0 amide bonds. The van der Waals surface area contributed by atoms with Gasteiger partial charge in [-0.15, -0.1) is 0 Å². The number of piperidine rings is 1. The first-order chi connectivity index (χ1) is 6.18. The molecule has 1 N–H and O–H groups in total. The van der Waals surface area contributed by atoms with E-state index in [0.717, 1.165) is 13.0 Å². The summed E-state index contributed by atoms with van der Waals surface area (Å²) in [4.78, 5) is 22.4. The SMILES string of the molecule is CC1NCCC2CC(=O)C(=O)CC21. The molecule has 3 heteroatoms. The van der Waals surface area contributed by atoms with E-state index in [1.54, 1.807) is 0 Å². The van der Waals surface area contributed by atoms with Gasteiger partial charge in [0, 0.05) is 18.9 Å². The first kappa shape index (κ1) is 8.88. The van der Waals surface area contributed by atoms with Crippen LogP contribution in [0.4, 0.5) is 0 Å². The number of Topliss-reactive ketones (excluding diaryl/α,β-unsaturated/α-hetero) is 2. The van der Waals surface area contributed by atoms with E-state index in [4.69, 9.17) is 0 Å². The highest BCUT2D eigenvalue weighted by molar-refractivity contribution is 6.37. The van der Waals surface area contributed by atoms with E-state index in [9.17, 15) is 9.59 Å². The van der Waals surface area contributed by atoms with Crippen LogP contribution in [0.5, 0.6) is 0 Å². The molecule has 3 nitrogen and oxygen atoms in total. The Labute approximate surface area is 77.9 Å². The van der Waals surface area contributed by atoms with Crippen LogP contribution in [-0.4, -0.2) is 24.2 Å². The number of fused-ring (bicyclic) bond motifs is 1. The lowest BCUT2D eigenvalue weighted by molar-refractivity contribution is -0.141. The standard InChI is InChI=1S/C10H15NO2/c1-6-8-5-10(13)9(12)4-7(8)2-3-11-6/h6-8,11H,2-5H2,1H3. The molecule has 3 unspecified atom stereocenters. The van der Waals surface area contributed by atoms with Crippen LogP contribution in [0, 0.1) is 11.8 Å². The van der Waals surface area contributed by atoms with Crippen molar-refractivity contribution in [1.82, 2.24) is 5.32 Å². The molecule has 13 heavy (non-hydrogen) atoms. The van der Waals surface area contributed by atoms with Crippen molar-refractivity contribution in [1.29, 1.82) is 0 Å². The monoisotopic (exact) mass is 181 g/mol. The maximum atomic E-state index is 11.2. The van der Waals surface area contributed by atoms with Crippen molar-refractivity contribution in [3.05, 3.63) is 0 Å². The predicted octanol–water partition coefficient (Wildman–Crippen LogP) is 0.533. The van der Waals surface area contributed by atoms with Crippen LogP contribution in [0.15, 0.2) is 0 Å². The Hall–Kier alpha value is -0.700. The van der Waals surface area contributed by atoms with Gasteiger partial charge < -0.3 is 5.32 Å². The molecule has 0 aromatic rings. The lowest BCUT2D eigenvalue weighted by atomic mass is 9.71. The fourth-order valence-corrected chi connectivity index (χ4v) is 2.55. The summed E-state index contributed by atoms with van der Waals surface area (Å²) in [6.07, 6.45) is 2.02. The average Bonchev–Trinajstić information content (AvgIpc) is 2.09. The maximum absolute atomic E-state index is 11.2. The summed E-state index contributed by atoms with van der Waals surface area (Å²) < 4.78 is 0. The second-order valence-electron chi connectivity index (χ2n) is 4.21. The Bertz CT molecular complexity index is 249. The van der Waals surface area contributed by atoms with Crippen molar-refractivity contribution >= 4 is 11.6 Å². The van der Waals surface area contributed by atoms with E-state index < -0.39 is 0 Å². The van der Waals surface area contributed by atoms with Crippen molar-refractivity contribution in [2.75, 3.05) is 6.54 Å². The minimum absolute atomic E-state index is 0.143. The number of carbonyl (C=O) groups excluding carboxylic acids is 2. The Balaban J connectivity index is 2.12. The van der Waals surface area contributed by atoms with Gasteiger partial charge in [-0.05, 0) is 31.7 Å². The van der Waals surface area contributed by atoms with Gasteiger partial charge in [0.2, 0.25) is 0 Å². The summed E-state index contributed by atoms with van der Waals surface area (Å²) in [5.74, 6) is 0.563. The summed E-state index contributed by atoms with van der Waals surface area (Å²) >= 11 is 0. The summed E-state index contributed by atoms with van der Waals surface area (Å²) in [6.45, 7) is 3.10. The maximum Gasteiger partial charge on any atom is 0.198 e. The number of carbonyl (C=O) groups is 2. The zero-order valence-electron chi connectivity index (χ0n) is 7.88. The smallest absolute Gasteiger partial charge is 0.198 e. The van der Waals surface area contributed by atoms with Gasteiger partial charge in [0.25, 0.3) is 0 Å². The molecular weight excluding hydrogens is 166 g/mol. The highest BCUT2D eigenvalue weighted by atomic mass is 16.2. The lowest BCUT2D eigenvalue weighted by Gasteiger charge is -2.39. The van der Waals surface area contributed by atoms with Crippen molar-refractivity contribution in [3.63, 3.8) is 0 Å². The molecule has 0 radical (unpaired) electrons. The van der Waals surface area contributed by atoms with Gasteiger partial charge in [0.1, 0.15) is 0 Å². The van der Waals surface area contributed by atoms with Crippen LogP contribution in [-0.2, 0) is 9.59 Å². The highest BCUT2D eigenvalue weighted by Gasteiger charge is 2.39. The minimum atomic E-state index is -0.156. The van der Waals surface area contributed by atoms with Crippen LogP contribution in [0.1, 0.15) is 26.2 Å². The summed E-state index contributed by atoms with van der Waals surface area (Å²) in [6, 6.07) is 0.399. The molecule has 1 aliphatic heterocycles. The fraction of sp³-hybridized carbons (Fsp3) is 0.800. The zero-order chi connectivity index (χ0) is 9.42. The Morgan fingerprint density at radius 1 is 1.23 bits per heavy atom. The molecule has 2 rings (SSSR count). The number of rotatable bonds is 0. The quantitative estimate of drug-likeness (QED) is 0.554. The van der Waals surface area contributed by atoms with Gasteiger partial charge in [0.05, 0.1) is 0 Å². The van der Waals surface area contributed by atoms with Crippen LogP contribution < -0.4 is 5.32 Å². The second-order valence-corrected chi connectivity index (χ2v) is 4.21. The van der Waals surface area contributed by atoms with Gasteiger partial charge >= 0.3 is 0 Å². The molecule has 2 aliphatic rings. The van der Waals surface area contributed by atoms with E-state index >= 15 is 0 Å². The normalized spacial score (nSPS) is 40.2. The first-order valence-corrected chi connectivity index (χ1v) is 4.98. The Kier molecular flexibility index (Phi) is 2.20. The molecule has 0 aromatic carbocycles. The molecule has 3 atom stereocenters. The van der Waals surface area contributed by atoms with E-state index in [1.807, 2.05) is 0 Å². The van der Waals surface area contributed by atoms with Gasteiger partial charge in [-0.1, -0.05) is 0 Å². The Morgan fingerprint density at radius 2 is 1.92 bits per heavy atom. The van der Waals surface area contributed by atoms with E-state index in [0.29, 0.717) is 30.7 Å². The van der Waals surface area contributed by atoms with E-state index in [2.05, 4.69) is 12.2 Å². The molecular formula is C10H15NO2. The number of nitrogens with one attached hydrogen (secondary N) is 1. The number of ketones is 2. The Morgan fingerprint density at radius 3 is 2.69 bits per heavy atom. The van der Waals surface area contributed by atoms with Crippen LogP contribution >= 0.6 is 0 Å². The minimum Gasteiger partial charge on any atom is -0.314 e. The van der Waals surface area contributed by atoms with Crippen LogP contribution in [0.3, 0.4) is 0 Å². The lowest BCUT2D eigenvalue weighted by Crippen LogP contribution is -2.48. The summed E-state index contributed by atoms with van der Waals surface area (Å²) in [5, 5.41) is 3.35. The van der Waals surface area contributed by atoms with Gasteiger partial charge in [-0.3, -0.25) is 9.59 Å². The van der Waals surface area contributed by atoms with Gasteiger partial charge in [0.15, 0.2) is 11.6 Å². The molecule has 2 fully saturated rings. The molecule has 0 aromatic heterocycles. The molecule has 1 heterocycles.